The van der Waals surface area contributed by atoms with Gasteiger partial charge < -0.3 is 29.1 Å². The highest BCUT2D eigenvalue weighted by atomic mass is 35.5. The molecule has 0 aliphatic carbocycles. The minimum Gasteiger partial charge on any atom is -0.507 e. The third kappa shape index (κ3) is 5.39. The molecule has 0 bridgehead atoms. The van der Waals surface area contributed by atoms with Crippen LogP contribution in [-0.2, 0) is 9.59 Å². The van der Waals surface area contributed by atoms with Crippen molar-refractivity contribution in [3.8, 4) is 17.2 Å². The van der Waals surface area contributed by atoms with E-state index in [1.807, 2.05) is 38.9 Å². The summed E-state index contributed by atoms with van der Waals surface area (Å²) in [6.07, 6.45) is -0.138. The molecule has 2 aromatic carbocycles. The molecule has 1 N–H and O–H groups in total. The van der Waals surface area contributed by atoms with Crippen LogP contribution in [0, 0.1) is 0 Å². The molecule has 1 saturated heterocycles. The highest BCUT2D eigenvalue weighted by molar-refractivity contribution is 6.46. The predicted molar refractivity (Wildman–Crippen MR) is 134 cm³/mol. The molecule has 188 valence electrons. The topological polar surface area (TPSA) is 88.5 Å². The molecule has 0 spiro atoms. The maximum atomic E-state index is 13.4. The highest BCUT2D eigenvalue weighted by Crippen LogP contribution is 2.45. The van der Waals surface area contributed by atoms with Crippen LogP contribution in [0.3, 0.4) is 0 Å². The Morgan fingerprint density at radius 1 is 1.09 bits per heavy atom. The van der Waals surface area contributed by atoms with Crippen molar-refractivity contribution in [2.24, 2.45) is 0 Å². The van der Waals surface area contributed by atoms with Gasteiger partial charge in [-0.25, -0.2) is 0 Å². The zero-order valence-corrected chi connectivity index (χ0v) is 21.5. The number of likely N-dealkylation sites (N-methyl/N-ethyl adjacent to an activating group) is 1. The summed E-state index contributed by atoms with van der Waals surface area (Å²) in [5.74, 6) is -0.823. The highest BCUT2D eigenvalue weighted by Gasteiger charge is 2.47. The first-order valence-corrected chi connectivity index (χ1v) is 11.6. The third-order valence-corrected chi connectivity index (χ3v) is 5.93. The molecule has 1 aliphatic rings. The number of benzene rings is 2. The molecule has 0 saturated carbocycles. The van der Waals surface area contributed by atoms with Crippen LogP contribution in [0.1, 0.15) is 31.0 Å². The van der Waals surface area contributed by atoms with Gasteiger partial charge >= 0.3 is 0 Å². The summed E-state index contributed by atoms with van der Waals surface area (Å²) in [7, 11) is 6.63. The average Bonchev–Trinajstić information content (AvgIpc) is 3.06. The van der Waals surface area contributed by atoms with Gasteiger partial charge in [0.05, 0.1) is 42.5 Å². The molecule has 8 nitrogen and oxygen atoms in total. The lowest BCUT2D eigenvalue weighted by atomic mass is 9.94. The molecule has 1 amide bonds. The van der Waals surface area contributed by atoms with E-state index in [2.05, 4.69) is 0 Å². The molecular formula is C26H31ClN2O6. The first-order valence-electron chi connectivity index (χ1n) is 11.2. The second-order valence-corrected chi connectivity index (χ2v) is 9.09. The molecule has 0 radical (unpaired) electrons. The number of ketones is 1. The normalized spacial score (nSPS) is 17.4. The van der Waals surface area contributed by atoms with Gasteiger partial charge in [0.25, 0.3) is 11.7 Å². The minimum atomic E-state index is -0.865. The number of methoxy groups -OCH3 is 2. The van der Waals surface area contributed by atoms with Gasteiger partial charge in [-0.15, -0.1) is 0 Å². The van der Waals surface area contributed by atoms with E-state index in [-0.39, 0.29) is 46.1 Å². The number of Topliss-reactive ketones (excluding diaryl/α,β-unsaturated/α-hetero) is 1. The molecule has 9 heteroatoms. The summed E-state index contributed by atoms with van der Waals surface area (Å²) in [5.41, 5.74) is 0.725. The van der Waals surface area contributed by atoms with E-state index in [4.69, 9.17) is 25.8 Å². The van der Waals surface area contributed by atoms with Gasteiger partial charge in [-0.3, -0.25) is 9.59 Å². The summed E-state index contributed by atoms with van der Waals surface area (Å²) in [6.45, 7) is 4.58. The number of likely N-dealkylation sites (tertiary alicyclic amines) is 1. The molecule has 1 unspecified atom stereocenters. The minimum absolute atomic E-state index is 0.0590. The van der Waals surface area contributed by atoms with E-state index >= 15 is 0 Å². The van der Waals surface area contributed by atoms with Crippen LogP contribution in [0.5, 0.6) is 17.2 Å². The van der Waals surface area contributed by atoms with Gasteiger partial charge in [0.15, 0.2) is 0 Å². The van der Waals surface area contributed by atoms with Gasteiger partial charge in [-0.05, 0) is 40.1 Å². The number of aliphatic hydroxyl groups excluding tert-OH is 1. The van der Waals surface area contributed by atoms with E-state index in [0.717, 1.165) is 0 Å². The summed E-state index contributed by atoms with van der Waals surface area (Å²) < 4.78 is 16.7. The summed E-state index contributed by atoms with van der Waals surface area (Å²) in [4.78, 5) is 29.9. The van der Waals surface area contributed by atoms with E-state index in [1.54, 1.807) is 18.2 Å². The maximum Gasteiger partial charge on any atom is 0.295 e. The van der Waals surface area contributed by atoms with Crippen LogP contribution >= 0.6 is 11.6 Å². The summed E-state index contributed by atoms with van der Waals surface area (Å²) in [6, 6.07) is 9.31. The van der Waals surface area contributed by atoms with Crippen LogP contribution in [0.15, 0.2) is 42.0 Å². The summed E-state index contributed by atoms with van der Waals surface area (Å²) in [5, 5.41) is 11.8. The molecular weight excluding hydrogens is 472 g/mol. The molecule has 1 aliphatic heterocycles. The average molecular weight is 503 g/mol. The quantitative estimate of drug-likeness (QED) is 0.313. The SMILES string of the molecule is COc1cc(/C(O)=C2\C(=O)C(=O)N(CCN(C)C)C2c2ccccc2OC(C)C)c(OC)cc1Cl. The number of nitrogens with zero attached hydrogens (tertiary/aromatic N) is 2. The van der Waals surface area contributed by atoms with Crippen molar-refractivity contribution in [1.29, 1.82) is 0 Å². The Bertz CT molecular complexity index is 1140. The zero-order chi connectivity index (χ0) is 25.9. The maximum absolute atomic E-state index is 13.4. The van der Waals surface area contributed by atoms with Crippen molar-refractivity contribution >= 4 is 29.1 Å². The van der Waals surface area contributed by atoms with Crippen LogP contribution < -0.4 is 14.2 Å². The number of ether oxygens (including phenoxy) is 3. The second-order valence-electron chi connectivity index (χ2n) is 8.69. The Balaban J connectivity index is 2.29. The lowest BCUT2D eigenvalue weighted by Crippen LogP contribution is -2.35. The van der Waals surface area contributed by atoms with Gasteiger partial charge in [-0.1, -0.05) is 29.8 Å². The Kier molecular flexibility index (Phi) is 8.30. The van der Waals surface area contributed by atoms with E-state index in [1.165, 1.54) is 31.3 Å². The fraction of sp³-hybridized carbons (Fsp3) is 0.385. The van der Waals surface area contributed by atoms with Crippen LogP contribution in [0.2, 0.25) is 5.02 Å². The number of carbonyl (C=O) groups is 2. The standard InChI is InChI=1S/C26H31ClN2O6/c1-15(2)35-19-10-8-7-9-16(19)23-22(25(31)26(32)29(23)12-11-28(3)4)24(30)17-13-21(34-6)18(27)14-20(17)33-5/h7-10,13-15,23,30H,11-12H2,1-6H3/b24-22+. The number of amides is 1. The Hall–Kier alpha value is -3.23. The number of aliphatic hydroxyl groups is 1. The fourth-order valence-electron chi connectivity index (χ4n) is 4.00. The van der Waals surface area contributed by atoms with Crippen molar-refractivity contribution in [2.45, 2.75) is 26.0 Å². The van der Waals surface area contributed by atoms with Gasteiger partial charge in [0.2, 0.25) is 0 Å². The molecule has 1 fully saturated rings. The second kappa shape index (κ2) is 11.0. The predicted octanol–water partition coefficient (Wildman–Crippen LogP) is 4.13. The Labute approximate surface area is 210 Å². The summed E-state index contributed by atoms with van der Waals surface area (Å²) >= 11 is 6.23. The van der Waals surface area contributed by atoms with Crippen molar-refractivity contribution in [3.63, 3.8) is 0 Å². The first kappa shape index (κ1) is 26.4. The number of rotatable bonds is 9. The number of para-hydroxylation sites is 1. The molecule has 1 heterocycles. The smallest absolute Gasteiger partial charge is 0.295 e. The number of hydrogen-bond donors (Lipinski definition) is 1. The molecule has 0 aromatic heterocycles. The van der Waals surface area contributed by atoms with Crippen LogP contribution in [0.25, 0.3) is 5.76 Å². The first-order chi connectivity index (χ1) is 16.6. The zero-order valence-electron chi connectivity index (χ0n) is 20.8. The Morgan fingerprint density at radius 3 is 2.34 bits per heavy atom. The van der Waals surface area contributed by atoms with Gasteiger partial charge in [0.1, 0.15) is 23.0 Å². The van der Waals surface area contributed by atoms with E-state index < -0.39 is 17.7 Å². The fourth-order valence-corrected chi connectivity index (χ4v) is 4.23. The van der Waals surface area contributed by atoms with Crippen LogP contribution in [0.4, 0.5) is 0 Å². The lowest BCUT2D eigenvalue weighted by molar-refractivity contribution is -0.140. The molecule has 35 heavy (non-hydrogen) atoms. The number of hydrogen-bond acceptors (Lipinski definition) is 7. The third-order valence-electron chi connectivity index (χ3n) is 5.63. The molecule has 2 aromatic rings. The monoisotopic (exact) mass is 502 g/mol. The van der Waals surface area contributed by atoms with E-state index in [0.29, 0.717) is 17.9 Å². The molecule has 1 atom stereocenters. The van der Waals surface area contributed by atoms with Crippen molar-refractivity contribution < 1.29 is 28.9 Å². The largest absolute Gasteiger partial charge is 0.507 e. The van der Waals surface area contributed by atoms with Crippen molar-refractivity contribution in [1.82, 2.24) is 9.80 Å². The van der Waals surface area contributed by atoms with Crippen molar-refractivity contribution in [2.75, 3.05) is 41.4 Å². The number of halogens is 1. The number of carbonyl (C=O) groups excluding carboxylic acids is 2. The lowest BCUT2D eigenvalue weighted by Gasteiger charge is -2.28. The van der Waals surface area contributed by atoms with Crippen LogP contribution in [-0.4, -0.2) is 74.1 Å². The van der Waals surface area contributed by atoms with E-state index in [9.17, 15) is 14.7 Å². The Morgan fingerprint density at radius 2 is 1.74 bits per heavy atom. The molecule has 3 rings (SSSR count). The van der Waals surface area contributed by atoms with Gasteiger partial charge in [0, 0.05) is 24.7 Å². The van der Waals surface area contributed by atoms with Gasteiger partial charge in [-0.2, -0.15) is 0 Å². The van der Waals surface area contributed by atoms with Crippen molar-refractivity contribution in [3.05, 3.63) is 58.1 Å².